The smallest absolute Gasteiger partial charge is 0.0408 e. The van der Waals surface area contributed by atoms with Gasteiger partial charge in [-0.2, -0.15) is 0 Å². The molecule has 18 heavy (non-hydrogen) atoms. The molecule has 1 aliphatic carbocycles. The first-order valence-electron chi connectivity index (χ1n) is 6.92. The quantitative estimate of drug-likeness (QED) is 0.791. The number of halogens is 1. The molecule has 1 saturated heterocycles. The second kappa shape index (κ2) is 5.22. The molecule has 1 saturated carbocycles. The van der Waals surface area contributed by atoms with E-state index in [0.29, 0.717) is 0 Å². The maximum Gasteiger partial charge on any atom is 0.0408 e. The molecule has 98 valence electrons. The van der Waals surface area contributed by atoms with E-state index in [4.69, 9.17) is 0 Å². The molecule has 3 rings (SSSR count). The fraction of sp³-hybridized carbons (Fsp3) is 0.600. The van der Waals surface area contributed by atoms with Crippen molar-refractivity contribution in [2.24, 2.45) is 0 Å². The van der Waals surface area contributed by atoms with Crippen LogP contribution in [0.25, 0.3) is 0 Å². The number of aryl methyl sites for hydroxylation is 1. The third kappa shape index (κ3) is 2.57. The zero-order valence-electron chi connectivity index (χ0n) is 11.0. The van der Waals surface area contributed by atoms with E-state index in [2.05, 4.69) is 50.9 Å². The van der Waals surface area contributed by atoms with Crippen molar-refractivity contribution >= 4 is 21.6 Å². The molecule has 1 heterocycles. The number of rotatable bonds is 3. The van der Waals surface area contributed by atoms with Crippen molar-refractivity contribution < 1.29 is 0 Å². The van der Waals surface area contributed by atoms with Crippen LogP contribution in [0.5, 0.6) is 0 Å². The molecule has 2 fully saturated rings. The number of hydrogen-bond acceptors (Lipinski definition) is 2. The molecule has 0 amide bonds. The van der Waals surface area contributed by atoms with Gasteiger partial charge in [0.15, 0.2) is 0 Å². The van der Waals surface area contributed by atoms with Gasteiger partial charge in [-0.15, -0.1) is 0 Å². The molecule has 0 spiro atoms. The predicted molar refractivity (Wildman–Crippen MR) is 80.6 cm³/mol. The zero-order chi connectivity index (χ0) is 12.5. The lowest BCUT2D eigenvalue weighted by molar-refractivity contribution is 0.248. The second-order valence-electron chi connectivity index (χ2n) is 5.52. The Labute approximate surface area is 118 Å². The van der Waals surface area contributed by atoms with E-state index in [-0.39, 0.29) is 0 Å². The highest BCUT2D eigenvalue weighted by Crippen LogP contribution is 2.30. The second-order valence-corrected chi connectivity index (χ2v) is 6.08. The van der Waals surface area contributed by atoms with Gasteiger partial charge in [0.25, 0.3) is 0 Å². The fourth-order valence-corrected chi connectivity index (χ4v) is 3.35. The lowest BCUT2D eigenvalue weighted by atomic mass is 10.1. The lowest BCUT2D eigenvalue weighted by Crippen LogP contribution is -2.47. The number of nitrogens with zero attached hydrogens (tertiary/aromatic N) is 2. The van der Waals surface area contributed by atoms with Gasteiger partial charge in [-0.05, 0) is 31.4 Å². The van der Waals surface area contributed by atoms with Crippen molar-refractivity contribution in [2.75, 3.05) is 31.1 Å². The Morgan fingerprint density at radius 3 is 2.50 bits per heavy atom. The van der Waals surface area contributed by atoms with Gasteiger partial charge in [0, 0.05) is 43.2 Å². The highest BCUT2D eigenvalue weighted by atomic mass is 79.9. The SMILES string of the molecule is Cc1ccc(N2CCN(C3CC3)CC2)c(CBr)c1. The summed E-state index contributed by atoms with van der Waals surface area (Å²) in [5.41, 5.74) is 4.20. The molecule has 0 unspecified atom stereocenters. The van der Waals surface area contributed by atoms with Crippen LogP contribution in [0, 0.1) is 6.92 Å². The molecule has 3 heteroatoms. The molecular formula is C15H21BrN2. The minimum absolute atomic E-state index is 0.917. The lowest BCUT2D eigenvalue weighted by Gasteiger charge is -2.37. The Bertz CT molecular complexity index is 421. The zero-order valence-corrected chi connectivity index (χ0v) is 12.6. The van der Waals surface area contributed by atoms with Crippen molar-refractivity contribution in [3.8, 4) is 0 Å². The first-order valence-corrected chi connectivity index (χ1v) is 8.04. The summed E-state index contributed by atoms with van der Waals surface area (Å²) in [4.78, 5) is 5.22. The molecule has 2 nitrogen and oxygen atoms in total. The van der Waals surface area contributed by atoms with Crippen LogP contribution in [-0.2, 0) is 5.33 Å². The molecule has 0 aromatic heterocycles. The van der Waals surface area contributed by atoms with Crippen LogP contribution in [0.1, 0.15) is 24.0 Å². The van der Waals surface area contributed by atoms with Gasteiger partial charge in [-0.3, -0.25) is 4.90 Å². The third-order valence-electron chi connectivity index (χ3n) is 4.10. The van der Waals surface area contributed by atoms with Crippen LogP contribution in [0.3, 0.4) is 0 Å². The monoisotopic (exact) mass is 308 g/mol. The van der Waals surface area contributed by atoms with Crippen LogP contribution in [0.2, 0.25) is 0 Å². The maximum atomic E-state index is 3.62. The van der Waals surface area contributed by atoms with Crippen LogP contribution >= 0.6 is 15.9 Å². The Balaban J connectivity index is 1.71. The summed E-state index contributed by atoms with van der Waals surface area (Å²) in [7, 11) is 0. The standard InChI is InChI=1S/C15H21BrN2/c1-12-2-5-15(13(10-12)11-16)18-8-6-17(7-9-18)14-3-4-14/h2,5,10,14H,3-4,6-9,11H2,1H3. The summed E-state index contributed by atoms with van der Waals surface area (Å²) in [5, 5.41) is 0.951. The fourth-order valence-electron chi connectivity index (χ4n) is 2.90. The number of alkyl halides is 1. The molecular weight excluding hydrogens is 288 g/mol. The summed E-state index contributed by atoms with van der Waals surface area (Å²) < 4.78 is 0. The van der Waals surface area contributed by atoms with E-state index in [0.717, 1.165) is 11.4 Å². The van der Waals surface area contributed by atoms with E-state index in [9.17, 15) is 0 Å². The summed E-state index contributed by atoms with van der Waals surface area (Å²) in [6.45, 7) is 7.00. The van der Waals surface area contributed by atoms with Crippen LogP contribution < -0.4 is 4.90 Å². The Morgan fingerprint density at radius 1 is 1.17 bits per heavy atom. The van der Waals surface area contributed by atoms with Gasteiger partial charge in [0.1, 0.15) is 0 Å². The minimum atomic E-state index is 0.917. The first-order chi connectivity index (χ1) is 8.78. The molecule has 0 radical (unpaired) electrons. The van der Waals surface area contributed by atoms with E-state index >= 15 is 0 Å². The van der Waals surface area contributed by atoms with Crippen molar-refractivity contribution in [3.63, 3.8) is 0 Å². The molecule has 0 bridgehead atoms. The number of anilines is 1. The Kier molecular flexibility index (Phi) is 3.62. The molecule has 1 aromatic rings. The average molecular weight is 309 g/mol. The summed E-state index contributed by atoms with van der Waals surface area (Å²) in [5.74, 6) is 0. The van der Waals surface area contributed by atoms with Gasteiger partial charge in [0.05, 0.1) is 0 Å². The van der Waals surface area contributed by atoms with Crippen molar-refractivity contribution in [1.82, 2.24) is 4.90 Å². The Morgan fingerprint density at radius 2 is 1.89 bits per heavy atom. The van der Waals surface area contributed by atoms with Crippen LogP contribution in [-0.4, -0.2) is 37.1 Å². The molecule has 1 aliphatic heterocycles. The van der Waals surface area contributed by atoms with Crippen molar-refractivity contribution in [2.45, 2.75) is 31.1 Å². The molecule has 0 N–H and O–H groups in total. The van der Waals surface area contributed by atoms with E-state index < -0.39 is 0 Å². The van der Waals surface area contributed by atoms with Gasteiger partial charge < -0.3 is 4.90 Å². The summed E-state index contributed by atoms with van der Waals surface area (Å²) in [6, 6.07) is 7.74. The van der Waals surface area contributed by atoms with Gasteiger partial charge in [-0.25, -0.2) is 0 Å². The molecule has 2 aliphatic rings. The number of hydrogen-bond donors (Lipinski definition) is 0. The van der Waals surface area contributed by atoms with Crippen molar-refractivity contribution in [3.05, 3.63) is 29.3 Å². The van der Waals surface area contributed by atoms with E-state index in [1.807, 2.05) is 0 Å². The number of benzene rings is 1. The topological polar surface area (TPSA) is 6.48 Å². The van der Waals surface area contributed by atoms with Gasteiger partial charge in [-0.1, -0.05) is 33.6 Å². The maximum absolute atomic E-state index is 3.62. The molecule has 0 atom stereocenters. The highest BCUT2D eigenvalue weighted by molar-refractivity contribution is 9.08. The highest BCUT2D eigenvalue weighted by Gasteiger charge is 2.31. The minimum Gasteiger partial charge on any atom is -0.369 e. The van der Waals surface area contributed by atoms with Crippen LogP contribution in [0.15, 0.2) is 18.2 Å². The van der Waals surface area contributed by atoms with E-state index in [1.54, 1.807) is 0 Å². The largest absolute Gasteiger partial charge is 0.369 e. The predicted octanol–water partition coefficient (Wildman–Crippen LogP) is 3.17. The third-order valence-corrected chi connectivity index (χ3v) is 4.70. The van der Waals surface area contributed by atoms with Gasteiger partial charge in [0.2, 0.25) is 0 Å². The van der Waals surface area contributed by atoms with Crippen molar-refractivity contribution in [1.29, 1.82) is 0 Å². The normalized spacial score (nSPS) is 21.3. The molecule has 1 aromatic carbocycles. The summed E-state index contributed by atoms with van der Waals surface area (Å²) in [6.07, 6.45) is 2.86. The first kappa shape index (κ1) is 12.5. The Hall–Kier alpha value is -0.540. The van der Waals surface area contributed by atoms with Gasteiger partial charge >= 0.3 is 0 Å². The van der Waals surface area contributed by atoms with Crippen LogP contribution in [0.4, 0.5) is 5.69 Å². The average Bonchev–Trinajstić information content (AvgIpc) is 3.23. The van der Waals surface area contributed by atoms with E-state index in [1.165, 1.54) is 55.8 Å². The number of piperazine rings is 1. The summed E-state index contributed by atoms with van der Waals surface area (Å²) >= 11 is 3.62.